The predicted molar refractivity (Wildman–Crippen MR) is 67.8 cm³/mol. The molecular weight excluding hydrogens is 220 g/mol. The van der Waals surface area contributed by atoms with Crippen molar-refractivity contribution in [3.05, 3.63) is 21.9 Å². The van der Waals surface area contributed by atoms with E-state index in [4.69, 9.17) is 10.5 Å². The van der Waals surface area contributed by atoms with E-state index in [9.17, 15) is 0 Å². The molecule has 16 heavy (non-hydrogen) atoms. The average molecular weight is 240 g/mol. The molecule has 2 unspecified atom stereocenters. The van der Waals surface area contributed by atoms with Crippen molar-refractivity contribution in [2.24, 2.45) is 5.73 Å². The number of rotatable bonds is 4. The van der Waals surface area contributed by atoms with E-state index in [1.54, 1.807) is 7.11 Å². The highest BCUT2D eigenvalue weighted by atomic mass is 32.1. The van der Waals surface area contributed by atoms with Crippen molar-refractivity contribution < 1.29 is 4.74 Å². The summed E-state index contributed by atoms with van der Waals surface area (Å²) in [7, 11) is 1.79. The van der Waals surface area contributed by atoms with Gasteiger partial charge in [-0.2, -0.15) is 0 Å². The van der Waals surface area contributed by atoms with E-state index in [1.165, 1.54) is 9.75 Å². The van der Waals surface area contributed by atoms with E-state index in [1.807, 2.05) is 11.3 Å². The van der Waals surface area contributed by atoms with Gasteiger partial charge in [-0.05, 0) is 25.5 Å². The van der Waals surface area contributed by atoms with Crippen LogP contribution < -0.4 is 5.73 Å². The van der Waals surface area contributed by atoms with Gasteiger partial charge in [0, 0.05) is 36.5 Å². The first-order valence-electron chi connectivity index (χ1n) is 5.78. The number of methoxy groups -OCH3 is 1. The standard InChI is InChI=1S/C12H20N2OS/c1-9-3-4-12(16-9)11(7-13)14-6-5-10(8-14)15-2/h3-4,10-11H,5-8,13H2,1-2H3. The maximum Gasteiger partial charge on any atom is 0.0710 e. The fraction of sp³-hybridized carbons (Fsp3) is 0.667. The third-order valence-electron chi connectivity index (χ3n) is 3.26. The normalized spacial score (nSPS) is 23.8. The average Bonchev–Trinajstić information content (AvgIpc) is 2.89. The monoisotopic (exact) mass is 240 g/mol. The molecule has 1 aromatic heterocycles. The zero-order chi connectivity index (χ0) is 11.5. The second-order valence-corrected chi connectivity index (χ2v) is 5.66. The SMILES string of the molecule is COC1CCN(C(CN)c2ccc(C)s2)C1. The quantitative estimate of drug-likeness (QED) is 0.872. The Hall–Kier alpha value is -0.420. The highest BCUT2D eigenvalue weighted by Crippen LogP contribution is 2.29. The molecule has 0 bridgehead atoms. The van der Waals surface area contributed by atoms with Crippen molar-refractivity contribution >= 4 is 11.3 Å². The highest BCUT2D eigenvalue weighted by molar-refractivity contribution is 7.12. The highest BCUT2D eigenvalue weighted by Gasteiger charge is 2.28. The maximum atomic E-state index is 5.90. The molecule has 2 heterocycles. The molecule has 0 spiro atoms. The third-order valence-corrected chi connectivity index (χ3v) is 4.37. The van der Waals surface area contributed by atoms with Gasteiger partial charge in [0.1, 0.15) is 0 Å². The lowest BCUT2D eigenvalue weighted by molar-refractivity contribution is 0.102. The van der Waals surface area contributed by atoms with Crippen LogP contribution in [0.4, 0.5) is 0 Å². The van der Waals surface area contributed by atoms with Crippen LogP contribution in [0.5, 0.6) is 0 Å². The molecule has 0 aromatic carbocycles. The third kappa shape index (κ3) is 2.46. The van der Waals surface area contributed by atoms with Crippen molar-refractivity contribution in [3.8, 4) is 0 Å². The molecule has 2 rings (SSSR count). The summed E-state index contributed by atoms with van der Waals surface area (Å²) >= 11 is 1.85. The molecule has 0 amide bonds. The second kappa shape index (κ2) is 5.27. The fourth-order valence-corrected chi connectivity index (χ4v) is 3.33. The minimum atomic E-state index is 0.374. The number of ether oxygens (including phenoxy) is 1. The van der Waals surface area contributed by atoms with Gasteiger partial charge in [-0.3, -0.25) is 4.90 Å². The number of hydrogen-bond acceptors (Lipinski definition) is 4. The van der Waals surface area contributed by atoms with Crippen molar-refractivity contribution in [2.45, 2.75) is 25.5 Å². The summed E-state index contributed by atoms with van der Waals surface area (Å²) in [5.41, 5.74) is 5.90. The van der Waals surface area contributed by atoms with Crippen LogP contribution in [0.2, 0.25) is 0 Å². The lowest BCUT2D eigenvalue weighted by Gasteiger charge is -2.25. The molecule has 1 aliphatic rings. The zero-order valence-corrected chi connectivity index (χ0v) is 10.8. The molecule has 1 saturated heterocycles. The van der Waals surface area contributed by atoms with Crippen molar-refractivity contribution in [3.63, 3.8) is 0 Å². The predicted octanol–water partition coefficient (Wildman–Crippen LogP) is 1.78. The van der Waals surface area contributed by atoms with Gasteiger partial charge in [0.15, 0.2) is 0 Å². The largest absolute Gasteiger partial charge is 0.380 e. The Balaban J connectivity index is 2.06. The molecule has 1 aliphatic heterocycles. The summed E-state index contributed by atoms with van der Waals surface area (Å²) in [6.07, 6.45) is 1.51. The Kier molecular flexibility index (Phi) is 3.97. The zero-order valence-electron chi connectivity index (χ0n) is 9.98. The van der Waals surface area contributed by atoms with Crippen LogP contribution in [0.3, 0.4) is 0 Å². The van der Waals surface area contributed by atoms with Crippen LogP contribution in [0.1, 0.15) is 22.2 Å². The molecule has 0 saturated carbocycles. The summed E-state index contributed by atoms with van der Waals surface area (Å²) in [6, 6.07) is 4.75. The van der Waals surface area contributed by atoms with E-state index >= 15 is 0 Å². The van der Waals surface area contributed by atoms with Gasteiger partial charge in [0.25, 0.3) is 0 Å². The second-order valence-electron chi connectivity index (χ2n) is 4.34. The number of hydrogen-bond donors (Lipinski definition) is 1. The summed E-state index contributed by atoms with van der Waals surface area (Å²) in [5, 5.41) is 0. The van der Waals surface area contributed by atoms with Crippen molar-refractivity contribution in [2.75, 3.05) is 26.7 Å². The molecule has 1 fully saturated rings. The smallest absolute Gasteiger partial charge is 0.0710 e. The van der Waals surface area contributed by atoms with Crippen LogP contribution >= 0.6 is 11.3 Å². The Bertz CT molecular complexity index is 340. The van der Waals surface area contributed by atoms with Crippen LogP contribution in [0.25, 0.3) is 0 Å². The molecule has 3 nitrogen and oxygen atoms in total. The Morgan fingerprint density at radius 2 is 2.44 bits per heavy atom. The topological polar surface area (TPSA) is 38.5 Å². The van der Waals surface area contributed by atoms with Crippen LogP contribution in [0, 0.1) is 6.92 Å². The molecule has 2 N–H and O–H groups in total. The first-order valence-corrected chi connectivity index (χ1v) is 6.59. The van der Waals surface area contributed by atoms with Gasteiger partial charge in [-0.1, -0.05) is 0 Å². The summed E-state index contributed by atoms with van der Waals surface area (Å²) in [6.45, 7) is 4.94. The maximum absolute atomic E-state index is 5.90. The van der Waals surface area contributed by atoms with Gasteiger partial charge < -0.3 is 10.5 Å². The molecule has 4 heteroatoms. The van der Waals surface area contributed by atoms with Gasteiger partial charge >= 0.3 is 0 Å². The van der Waals surface area contributed by atoms with E-state index in [0.717, 1.165) is 19.5 Å². The summed E-state index contributed by atoms with van der Waals surface area (Å²) in [5.74, 6) is 0. The van der Waals surface area contributed by atoms with Gasteiger partial charge in [-0.15, -0.1) is 11.3 Å². The number of nitrogens with two attached hydrogens (primary N) is 1. The molecule has 90 valence electrons. The van der Waals surface area contributed by atoms with Crippen LogP contribution in [0.15, 0.2) is 12.1 Å². The lowest BCUT2D eigenvalue weighted by Crippen LogP contribution is -2.32. The first kappa shape index (κ1) is 12.0. The Morgan fingerprint density at radius 1 is 1.62 bits per heavy atom. The number of thiophene rings is 1. The molecule has 0 radical (unpaired) electrons. The molecule has 0 aliphatic carbocycles. The summed E-state index contributed by atoms with van der Waals surface area (Å²) in [4.78, 5) is 5.19. The van der Waals surface area contributed by atoms with Crippen molar-refractivity contribution in [1.82, 2.24) is 4.90 Å². The number of aryl methyl sites for hydroxylation is 1. The number of nitrogens with zero attached hydrogens (tertiary/aromatic N) is 1. The van der Waals surface area contributed by atoms with E-state index in [2.05, 4.69) is 24.0 Å². The van der Waals surface area contributed by atoms with Crippen molar-refractivity contribution in [1.29, 1.82) is 0 Å². The van der Waals surface area contributed by atoms with E-state index in [0.29, 0.717) is 18.7 Å². The van der Waals surface area contributed by atoms with Crippen LogP contribution in [-0.4, -0.2) is 37.7 Å². The lowest BCUT2D eigenvalue weighted by atomic mass is 10.2. The van der Waals surface area contributed by atoms with Gasteiger partial charge in [-0.25, -0.2) is 0 Å². The number of likely N-dealkylation sites (tertiary alicyclic amines) is 1. The molecular formula is C12H20N2OS. The Morgan fingerprint density at radius 3 is 2.94 bits per heavy atom. The minimum absolute atomic E-state index is 0.374. The van der Waals surface area contributed by atoms with E-state index in [-0.39, 0.29) is 0 Å². The minimum Gasteiger partial charge on any atom is -0.380 e. The fourth-order valence-electron chi connectivity index (χ4n) is 2.31. The first-order chi connectivity index (χ1) is 7.74. The van der Waals surface area contributed by atoms with Gasteiger partial charge in [0.05, 0.1) is 12.1 Å². The Labute approximate surface area is 101 Å². The van der Waals surface area contributed by atoms with Crippen LogP contribution in [-0.2, 0) is 4.74 Å². The summed E-state index contributed by atoms with van der Waals surface area (Å²) < 4.78 is 5.40. The van der Waals surface area contributed by atoms with E-state index < -0.39 is 0 Å². The van der Waals surface area contributed by atoms with Gasteiger partial charge in [0.2, 0.25) is 0 Å². The molecule has 1 aromatic rings. The molecule has 2 atom stereocenters.